The first-order valence-corrected chi connectivity index (χ1v) is 7.65. The molecule has 0 aliphatic carbocycles. The number of hydrogen-bond acceptors (Lipinski definition) is 3. The van der Waals surface area contributed by atoms with Crippen molar-refractivity contribution < 1.29 is 9.21 Å². The van der Waals surface area contributed by atoms with Gasteiger partial charge >= 0.3 is 0 Å². The van der Waals surface area contributed by atoms with Crippen LogP contribution in [0.4, 0.5) is 5.69 Å². The lowest BCUT2D eigenvalue weighted by atomic mass is 9.94. The molecule has 0 aliphatic rings. The normalized spacial score (nSPS) is 11.2. The Morgan fingerprint density at radius 2 is 1.91 bits per heavy atom. The minimum Gasteiger partial charge on any atom is -0.467 e. The molecule has 4 nitrogen and oxygen atoms in total. The van der Waals surface area contributed by atoms with Crippen LogP contribution >= 0.6 is 0 Å². The largest absolute Gasteiger partial charge is 0.467 e. The first kappa shape index (κ1) is 16.3. The van der Waals surface area contributed by atoms with Crippen molar-refractivity contribution in [3.05, 3.63) is 53.0 Å². The Kier molecular flexibility index (Phi) is 5.03. The quantitative estimate of drug-likeness (QED) is 0.868. The molecule has 2 rings (SSSR count). The summed E-state index contributed by atoms with van der Waals surface area (Å²) in [6.07, 6.45) is 1.44. The van der Waals surface area contributed by atoms with Gasteiger partial charge in [0.1, 0.15) is 12.0 Å². The Bertz CT molecular complexity index is 657. The molecule has 1 aromatic heterocycles. The second-order valence-corrected chi connectivity index (χ2v) is 6.12. The van der Waals surface area contributed by atoms with Gasteiger partial charge in [-0.25, -0.2) is 0 Å². The van der Waals surface area contributed by atoms with Crippen LogP contribution in [0.2, 0.25) is 0 Å². The highest BCUT2D eigenvalue weighted by atomic mass is 16.3. The molecule has 0 atom stereocenters. The van der Waals surface area contributed by atoms with E-state index >= 15 is 0 Å². The number of carbonyl (C=O) groups is 1. The second kappa shape index (κ2) is 6.79. The first-order valence-electron chi connectivity index (χ1n) is 7.65. The number of benzene rings is 1. The summed E-state index contributed by atoms with van der Waals surface area (Å²) in [5.41, 5.74) is 9.25. The summed E-state index contributed by atoms with van der Waals surface area (Å²) in [5, 5.41) is 2.97. The highest BCUT2D eigenvalue weighted by Gasteiger charge is 2.14. The summed E-state index contributed by atoms with van der Waals surface area (Å²) >= 11 is 0. The van der Waals surface area contributed by atoms with Gasteiger partial charge in [0.15, 0.2) is 0 Å². The number of hydrogen-bond donors (Lipinski definition) is 2. The van der Waals surface area contributed by atoms with Crippen LogP contribution in [-0.2, 0) is 6.54 Å². The molecule has 0 fully saturated rings. The van der Waals surface area contributed by atoms with Crippen molar-refractivity contribution in [1.82, 2.24) is 0 Å². The lowest BCUT2D eigenvalue weighted by molar-refractivity contribution is 0.102. The van der Waals surface area contributed by atoms with Gasteiger partial charge in [0.25, 0.3) is 5.91 Å². The van der Waals surface area contributed by atoms with Crippen molar-refractivity contribution in [2.75, 3.05) is 5.32 Å². The molecule has 1 amide bonds. The van der Waals surface area contributed by atoms with Gasteiger partial charge in [0.2, 0.25) is 0 Å². The molecular formula is C18H24N2O2. The number of furan rings is 1. The van der Waals surface area contributed by atoms with E-state index in [2.05, 4.69) is 45.1 Å². The molecule has 0 saturated carbocycles. The van der Waals surface area contributed by atoms with Gasteiger partial charge in [0, 0.05) is 5.69 Å². The average molecular weight is 300 g/mol. The predicted octanol–water partition coefficient (Wildman–Crippen LogP) is 4.24. The van der Waals surface area contributed by atoms with Crippen LogP contribution in [0, 0.1) is 0 Å². The lowest BCUT2D eigenvalue weighted by Gasteiger charge is -2.16. The SMILES string of the molecule is CC(C)c1ccc(NC(=O)c2coc(CN)c2)c(C(C)C)c1. The molecule has 1 aromatic carbocycles. The van der Waals surface area contributed by atoms with Crippen molar-refractivity contribution in [3.63, 3.8) is 0 Å². The summed E-state index contributed by atoms with van der Waals surface area (Å²) in [6.45, 7) is 8.86. The predicted molar refractivity (Wildman–Crippen MR) is 89.2 cm³/mol. The molecule has 0 unspecified atom stereocenters. The number of nitrogens with one attached hydrogen (secondary N) is 1. The summed E-state index contributed by atoms with van der Waals surface area (Å²) in [6, 6.07) is 7.89. The highest BCUT2D eigenvalue weighted by molar-refractivity contribution is 6.04. The lowest BCUT2D eigenvalue weighted by Crippen LogP contribution is -2.13. The highest BCUT2D eigenvalue weighted by Crippen LogP contribution is 2.28. The van der Waals surface area contributed by atoms with E-state index in [0.717, 1.165) is 11.3 Å². The van der Waals surface area contributed by atoms with Gasteiger partial charge in [0.05, 0.1) is 12.1 Å². The zero-order chi connectivity index (χ0) is 16.3. The smallest absolute Gasteiger partial charge is 0.258 e. The van der Waals surface area contributed by atoms with E-state index in [0.29, 0.717) is 23.2 Å². The molecule has 2 aromatic rings. The van der Waals surface area contributed by atoms with Gasteiger partial charge in [-0.3, -0.25) is 4.79 Å². The van der Waals surface area contributed by atoms with Crippen LogP contribution in [0.5, 0.6) is 0 Å². The van der Waals surface area contributed by atoms with Crippen LogP contribution in [0.25, 0.3) is 0 Å². The van der Waals surface area contributed by atoms with Crippen molar-refractivity contribution in [3.8, 4) is 0 Å². The first-order chi connectivity index (χ1) is 10.4. The third-order valence-corrected chi connectivity index (χ3v) is 3.73. The van der Waals surface area contributed by atoms with E-state index in [9.17, 15) is 4.79 Å². The van der Waals surface area contributed by atoms with Gasteiger partial charge in [-0.15, -0.1) is 0 Å². The van der Waals surface area contributed by atoms with Crippen molar-refractivity contribution in [2.45, 2.75) is 46.1 Å². The number of carbonyl (C=O) groups excluding carboxylic acids is 1. The van der Waals surface area contributed by atoms with Crippen molar-refractivity contribution >= 4 is 11.6 Å². The maximum Gasteiger partial charge on any atom is 0.258 e. The molecule has 0 bridgehead atoms. The fourth-order valence-corrected chi connectivity index (χ4v) is 2.33. The van der Waals surface area contributed by atoms with Gasteiger partial charge in [-0.1, -0.05) is 39.8 Å². The molecule has 0 radical (unpaired) electrons. The maximum atomic E-state index is 12.3. The monoisotopic (exact) mass is 300 g/mol. The van der Waals surface area contributed by atoms with E-state index in [1.165, 1.54) is 11.8 Å². The minimum absolute atomic E-state index is 0.178. The Labute approximate surface area is 131 Å². The summed E-state index contributed by atoms with van der Waals surface area (Å²) in [5.74, 6) is 1.22. The van der Waals surface area contributed by atoms with Gasteiger partial charge in [-0.2, -0.15) is 0 Å². The minimum atomic E-state index is -0.178. The van der Waals surface area contributed by atoms with E-state index in [1.54, 1.807) is 6.07 Å². The second-order valence-electron chi connectivity index (χ2n) is 6.12. The molecule has 4 heteroatoms. The molecule has 0 saturated heterocycles. The van der Waals surface area contributed by atoms with Gasteiger partial charge < -0.3 is 15.5 Å². The van der Waals surface area contributed by atoms with E-state index in [4.69, 9.17) is 10.2 Å². The molecule has 3 N–H and O–H groups in total. The zero-order valence-corrected chi connectivity index (χ0v) is 13.6. The molecule has 0 aliphatic heterocycles. The third-order valence-electron chi connectivity index (χ3n) is 3.73. The van der Waals surface area contributed by atoms with Crippen LogP contribution in [0.3, 0.4) is 0 Å². The number of rotatable bonds is 5. The Morgan fingerprint density at radius 1 is 1.18 bits per heavy atom. The number of amides is 1. The van der Waals surface area contributed by atoms with Crippen LogP contribution in [0.1, 0.15) is 66.8 Å². The standard InChI is InChI=1S/C18H24N2O2/c1-11(2)13-5-6-17(16(8-13)12(3)4)20-18(21)14-7-15(9-19)22-10-14/h5-8,10-12H,9,19H2,1-4H3,(H,20,21). The molecule has 118 valence electrons. The number of nitrogens with two attached hydrogens (primary N) is 1. The van der Waals surface area contributed by atoms with Crippen molar-refractivity contribution in [1.29, 1.82) is 0 Å². The topological polar surface area (TPSA) is 68.3 Å². The molecule has 1 heterocycles. The maximum absolute atomic E-state index is 12.3. The fraction of sp³-hybridized carbons (Fsp3) is 0.389. The summed E-state index contributed by atoms with van der Waals surface area (Å²) in [7, 11) is 0. The van der Waals surface area contributed by atoms with Crippen LogP contribution < -0.4 is 11.1 Å². The Hall–Kier alpha value is -2.07. The van der Waals surface area contributed by atoms with Crippen LogP contribution in [-0.4, -0.2) is 5.91 Å². The number of anilines is 1. The molecular weight excluding hydrogens is 276 g/mol. The van der Waals surface area contributed by atoms with Gasteiger partial charge in [-0.05, 0) is 35.1 Å². The fourth-order valence-electron chi connectivity index (χ4n) is 2.33. The third kappa shape index (κ3) is 3.57. The Morgan fingerprint density at radius 3 is 2.45 bits per heavy atom. The Balaban J connectivity index is 2.26. The molecule has 0 spiro atoms. The zero-order valence-electron chi connectivity index (χ0n) is 13.6. The average Bonchev–Trinajstić information content (AvgIpc) is 2.96. The van der Waals surface area contributed by atoms with Crippen LogP contribution in [0.15, 0.2) is 34.9 Å². The summed E-state index contributed by atoms with van der Waals surface area (Å²) in [4.78, 5) is 12.3. The van der Waals surface area contributed by atoms with E-state index in [1.807, 2.05) is 6.07 Å². The molecule has 22 heavy (non-hydrogen) atoms. The summed E-state index contributed by atoms with van der Waals surface area (Å²) < 4.78 is 5.22. The van der Waals surface area contributed by atoms with Crippen molar-refractivity contribution in [2.24, 2.45) is 5.73 Å². The van der Waals surface area contributed by atoms with E-state index < -0.39 is 0 Å². The van der Waals surface area contributed by atoms with E-state index in [-0.39, 0.29) is 12.5 Å².